The van der Waals surface area contributed by atoms with E-state index in [1.165, 1.54) is 23.9 Å². The molecule has 5 heteroatoms. The summed E-state index contributed by atoms with van der Waals surface area (Å²) in [6, 6.07) is 7.33. The first-order valence-electron chi connectivity index (χ1n) is 5.41. The summed E-state index contributed by atoms with van der Waals surface area (Å²) in [6.07, 6.45) is 1.68. The second-order valence-corrected chi connectivity index (χ2v) is 4.74. The molecule has 0 spiro atoms. The molecule has 2 nitrogen and oxygen atoms in total. The number of nitrogens with zero attached hydrogens (tertiary/aromatic N) is 1. The number of nitrogens with two attached hydrogens (primary N) is 1. The van der Waals surface area contributed by atoms with Crippen LogP contribution in [0.1, 0.15) is 11.3 Å². The minimum Gasteiger partial charge on any atom is -0.325 e. The number of halogens is 2. The molecule has 1 heterocycles. The zero-order chi connectivity index (χ0) is 13.0. The quantitative estimate of drug-likeness (QED) is 0.864. The molecule has 18 heavy (non-hydrogen) atoms. The number of thioether (sulfide) groups is 1. The second-order valence-electron chi connectivity index (χ2n) is 3.72. The van der Waals surface area contributed by atoms with Crippen molar-refractivity contribution >= 4 is 11.8 Å². The van der Waals surface area contributed by atoms with Crippen LogP contribution in [-0.4, -0.2) is 4.98 Å². The van der Waals surface area contributed by atoms with Gasteiger partial charge in [0.25, 0.3) is 0 Å². The summed E-state index contributed by atoms with van der Waals surface area (Å²) in [5, 5.41) is 0. The maximum Gasteiger partial charge on any atom is 0.139 e. The van der Waals surface area contributed by atoms with Crippen LogP contribution in [-0.2, 0) is 12.3 Å². The van der Waals surface area contributed by atoms with Crippen LogP contribution in [0.4, 0.5) is 8.78 Å². The molecule has 2 rings (SSSR count). The Labute approximate surface area is 108 Å². The van der Waals surface area contributed by atoms with Crippen LogP contribution >= 0.6 is 11.8 Å². The fraction of sp³-hybridized carbons (Fsp3) is 0.154. The number of rotatable bonds is 4. The first kappa shape index (κ1) is 13.0. The van der Waals surface area contributed by atoms with Crippen molar-refractivity contribution in [1.82, 2.24) is 4.98 Å². The van der Waals surface area contributed by atoms with Gasteiger partial charge in [-0.25, -0.2) is 8.78 Å². The largest absolute Gasteiger partial charge is 0.325 e. The molecule has 0 atom stereocenters. The number of aromatic nitrogens is 1. The molecule has 0 aliphatic heterocycles. The van der Waals surface area contributed by atoms with Gasteiger partial charge in [0.05, 0.1) is 5.69 Å². The molecule has 0 aliphatic carbocycles. The summed E-state index contributed by atoms with van der Waals surface area (Å²) in [6.45, 7) is 0.378. The van der Waals surface area contributed by atoms with E-state index < -0.39 is 11.6 Å². The highest BCUT2D eigenvalue weighted by atomic mass is 32.2. The molecule has 0 unspecified atom stereocenters. The van der Waals surface area contributed by atoms with Crippen molar-refractivity contribution in [3.8, 4) is 0 Å². The molecule has 0 bridgehead atoms. The van der Waals surface area contributed by atoms with Gasteiger partial charge in [-0.3, -0.25) is 4.98 Å². The minimum absolute atomic E-state index is 0.378. The molecule has 0 aliphatic rings. The van der Waals surface area contributed by atoms with Gasteiger partial charge >= 0.3 is 0 Å². The van der Waals surface area contributed by atoms with Gasteiger partial charge in [0.15, 0.2) is 0 Å². The molecule has 94 valence electrons. The van der Waals surface area contributed by atoms with E-state index in [4.69, 9.17) is 5.73 Å². The van der Waals surface area contributed by atoms with Crippen LogP contribution < -0.4 is 5.73 Å². The Kier molecular flexibility index (Phi) is 4.28. The third-order valence-electron chi connectivity index (χ3n) is 2.38. The summed E-state index contributed by atoms with van der Waals surface area (Å²) in [7, 11) is 0. The van der Waals surface area contributed by atoms with Crippen LogP contribution in [0.15, 0.2) is 41.4 Å². The molecular formula is C13H12F2N2S. The fourth-order valence-corrected chi connectivity index (χ4v) is 2.35. The molecule has 0 fully saturated rings. The van der Waals surface area contributed by atoms with Crippen molar-refractivity contribution < 1.29 is 8.78 Å². The maximum atomic E-state index is 13.4. The van der Waals surface area contributed by atoms with Gasteiger partial charge in [-0.2, -0.15) is 0 Å². The summed E-state index contributed by atoms with van der Waals surface area (Å²) in [4.78, 5) is 4.52. The lowest BCUT2D eigenvalue weighted by Gasteiger charge is -2.04. The monoisotopic (exact) mass is 266 g/mol. The lowest BCUT2D eigenvalue weighted by Crippen LogP contribution is -1.99. The third kappa shape index (κ3) is 3.27. The molecule has 0 amide bonds. The molecule has 0 radical (unpaired) electrons. The van der Waals surface area contributed by atoms with Crippen LogP contribution in [0.5, 0.6) is 0 Å². The van der Waals surface area contributed by atoms with Gasteiger partial charge in [-0.1, -0.05) is 0 Å². The SMILES string of the molecule is NCc1cc(CSc2ccc(F)cc2F)ccn1. The van der Waals surface area contributed by atoms with Crippen LogP contribution in [0.3, 0.4) is 0 Å². The molecular weight excluding hydrogens is 254 g/mol. The average Bonchev–Trinajstić information content (AvgIpc) is 2.38. The fourth-order valence-electron chi connectivity index (χ4n) is 1.48. The second kappa shape index (κ2) is 5.93. The van der Waals surface area contributed by atoms with Crippen molar-refractivity contribution in [3.63, 3.8) is 0 Å². The zero-order valence-electron chi connectivity index (χ0n) is 9.57. The molecule has 0 saturated carbocycles. The van der Waals surface area contributed by atoms with E-state index in [1.54, 1.807) is 6.20 Å². The Bertz CT molecular complexity index is 546. The molecule has 2 N–H and O–H groups in total. The molecule has 1 aromatic heterocycles. The molecule has 2 aromatic rings. The Hall–Kier alpha value is -1.46. The lowest BCUT2D eigenvalue weighted by atomic mass is 10.2. The van der Waals surface area contributed by atoms with Gasteiger partial charge in [0.2, 0.25) is 0 Å². The van der Waals surface area contributed by atoms with E-state index in [9.17, 15) is 8.78 Å². The van der Waals surface area contributed by atoms with Gasteiger partial charge in [0.1, 0.15) is 11.6 Å². The number of benzene rings is 1. The van der Waals surface area contributed by atoms with E-state index in [2.05, 4.69) is 4.98 Å². The molecule has 0 saturated heterocycles. The number of hydrogen-bond acceptors (Lipinski definition) is 3. The maximum absolute atomic E-state index is 13.4. The molecule has 1 aromatic carbocycles. The minimum atomic E-state index is -0.564. The third-order valence-corrected chi connectivity index (χ3v) is 3.50. The lowest BCUT2D eigenvalue weighted by molar-refractivity contribution is 0.565. The van der Waals surface area contributed by atoms with Gasteiger partial charge in [-0.05, 0) is 29.8 Å². The van der Waals surface area contributed by atoms with Crippen molar-refractivity contribution in [1.29, 1.82) is 0 Å². The Morgan fingerprint density at radius 2 is 2.00 bits per heavy atom. The normalized spacial score (nSPS) is 10.6. The highest BCUT2D eigenvalue weighted by Crippen LogP contribution is 2.25. The smallest absolute Gasteiger partial charge is 0.139 e. The predicted octanol–water partition coefficient (Wildman–Crippen LogP) is 3.11. The van der Waals surface area contributed by atoms with Gasteiger partial charge in [-0.15, -0.1) is 11.8 Å². The standard InChI is InChI=1S/C13H12F2N2S/c14-10-1-2-13(12(15)6-10)18-8-9-3-4-17-11(5-9)7-16/h1-6H,7-8,16H2. The number of pyridine rings is 1. The first-order valence-corrected chi connectivity index (χ1v) is 6.39. The summed E-state index contributed by atoms with van der Waals surface area (Å²) < 4.78 is 26.1. The highest BCUT2D eigenvalue weighted by molar-refractivity contribution is 7.98. The topological polar surface area (TPSA) is 38.9 Å². The van der Waals surface area contributed by atoms with E-state index in [1.807, 2.05) is 12.1 Å². The highest BCUT2D eigenvalue weighted by Gasteiger charge is 2.05. The summed E-state index contributed by atoms with van der Waals surface area (Å²) >= 11 is 1.32. The average molecular weight is 266 g/mol. The van der Waals surface area contributed by atoms with E-state index in [-0.39, 0.29) is 0 Å². The van der Waals surface area contributed by atoms with Crippen LogP contribution in [0, 0.1) is 11.6 Å². The van der Waals surface area contributed by atoms with Gasteiger partial charge in [0, 0.05) is 29.5 Å². The Morgan fingerprint density at radius 3 is 2.72 bits per heavy atom. The Balaban J connectivity index is 2.06. The van der Waals surface area contributed by atoms with Crippen LogP contribution in [0.2, 0.25) is 0 Å². The first-order chi connectivity index (χ1) is 8.69. The van der Waals surface area contributed by atoms with Crippen molar-refractivity contribution in [3.05, 3.63) is 59.4 Å². The summed E-state index contributed by atoms with van der Waals surface area (Å²) in [5.74, 6) is -0.503. The van der Waals surface area contributed by atoms with Crippen LogP contribution in [0.25, 0.3) is 0 Å². The van der Waals surface area contributed by atoms with E-state index in [0.29, 0.717) is 17.2 Å². The van der Waals surface area contributed by atoms with E-state index >= 15 is 0 Å². The van der Waals surface area contributed by atoms with E-state index in [0.717, 1.165) is 17.3 Å². The van der Waals surface area contributed by atoms with Crippen molar-refractivity contribution in [2.45, 2.75) is 17.2 Å². The number of hydrogen-bond donors (Lipinski definition) is 1. The predicted molar refractivity (Wildman–Crippen MR) is 68.0 cm³/mol. The van der Waals surface area contributed by atoms with Crippen molar-refractivity contribution in [2.75, 3.05) is 0 Å². The van der Waals surface area contributed by atoms with Gasteiger partial charge < -0.3 is 5.73 Å². The Morgan fingerprint density at radius 1 is 1.17 bits per heavy atom. The zero-order valence-corrected chi connectivity index (χ0v) is 10.4. The summed E-state index contributed by atoms with van der Waals surface area (Å²) in [5.41, 5.74) is 7.31. The van der Waals surface area contributed by atoms with Crippen molar-refractivity contribution in [2.24, 2.45) is 5.73 Å².